The second kappa shape index (κ2) is 16.0. The lowest BCUT2D eigenvalue weighted by atomic mass is 10.1. The number of benzene rings is 2. The molecule has 0 saturated carbocycles. The number of nitrogens with zero attached hydrogens (tertiary/aromatic N) is 4. The standard InChI is InChI=1S/C33H43N10O9P/c34-20-9-7-18-14-19-8-10-21(35)16-23(19)42(22(18)15-20)13-5-6-25(44)37-11-3-1-2-4-12-38-33-39-26-29(40-32(36)41-30(26)47)43(33)31-28(46)27(45)24(52-31)17-51-53(48,49)50/h7-10,14-16,24,27-28,31,45-46H,1-6,11-13,17H2,(H10,34,35,36,37,38,39,40,41,44,47,48,49,50)/p+1/t24-,27-,28-,31-/m1/s1. The molecule has 3 aromatic heterocycles. The molecule has 1 saturated heterocycles. The number of amides is 1. The Labute approximate surface area is 302 Å². The van der Waals surface area contributed by atoms with Crippen LogP contribution in [0, 0.1) is 0 Å². The van der Waals surface area contributed by atoms with Gasteiger partial charge in [-0.2, -0.15) is 9.55 Å². The number of carbonyl (C=O) groups is 1. The molecule has 0 bridgehead atoms. The molecule has 1 aliphatic heterocycles. The number of rotatable bonds is 16. The Bertz CT molecular complexity index is 2170. The van der Waals surface area contributed by atoms with Crippen LogP contribution in [0.15, 0.2) is 47.3 Å². The third kappa shape index (κ3) is 8.85. The number of phosphoric ester groups is 1. The molecule has 1 fully saturated rings. The maximum atomic E-state index is 12.7. The van der Waals surface area contributed by atoms with E-state index in [2.05, 4.69) is 40.7 Å². The molecule has 0 unspecified atom stereocenters. The molecule has 1 aliphatic rings. The number of aryl methyl sites for hydroxylation is 1. The summed E-state index contributed by atoms with van der Waals surface area (Å²) in [4.78, 5) is 54.2. The number of unbranched alkanes of at least 4 members (excludes halogenated alkanes) is 3. The zero-order valence-electron chi connectivity index (χ0n) is 28.7. The summed E-state index contributed by atoms with van der Waals surface area (Å²) >= 11 is 0. The number of hydrogen-bond donors (Lipinski definition) is 10. The lowest BCUT2D eigenvalue weighted by Crippen LogP contribution is -2.36. The van der Waals surface area contributed by atoms with Crippen molar-refractivity contribution in [1.29, 1.82) is 0 Å². The van der Waals surface area contributed by atoms with Gasteiger partial charge < -0.3 is 52.6 Å². The van der Waals surface area contributed by atoms with Crippen molar-refractivity contribution in [2.75, 3.05) is 42.2 Å². The fraction of sp³-hybridized carbons (Fsp3) is 0.424. The molecule has 19 nitrogen and oxygen atoms in total. The van der Waals surface area contributed by atoms with Crippen LogP contribution in [0.5, 0.6) is 0 Å². The van der Waals surface area contributed by atoms with E-state index in [0.29, 0.717) is 50.3 Å². The number of pyridine rings is 1. The van der Waals surface area contributed by atoms with E-state index in [1.165, 1.54) is 4.57 Å². The number of ether oxygens (including phenoxy) is 1. The highest BCUT2D eigenvalue weighted by Gasteiger charge is 2.46. The van der Waals surface area contributed by atoms with Crippen LogP contribution in [-0.4, -0.2) is 83.4 Å². The molecular weight excluding hydrogens is 711 g/mol. The van der Waals surface area contributed by atoms with Crippen LogP contribution >= 0.6 is 7.82 Å². The number of carbonyl (C=O) groups excluding carboxylic acids is 1. The van der Waals surface area contributed by atoms with Crippen molar-refractivity contribution < 1.29 is 43.2 Å². The maximum absolute atomic E-state index is 12.7. The lowest BCUT2D eigenvalue weighted by molar-refractivity contribution is -0.645. The molecule has 284 valence electrons. The van der Waals surface area contributed by atoms with Gasteiger partial charge in [0.25, 0.3) is 5.56 Å². The first-order valence-corrected chi connectivity index (χ1v) is 18.7. The lowest BCUT2D eigenvalue weighted by Gasteiger charge is -2.20. The number of fused-ring (bicyclic) bond motifs is 3. The van der Waals surface area contributed by atoms with Gasteiger partial charge in [0, 0.05) is 60.2 Å². The van der Waals surface area contributed by atoms with Gasteiger partial charge in [0.2, 0.25) is 28.8 Å². The number of nitrogen functional groups attached to an aromatic ring is 3. The molecule has 0 spiro atoms. The second-order valence-electron chi connectivity index (χ2n) is 13.0. The van der Waals surface area contributed by atoms with E-state index >= 15 is 0 Å². The molecule has 53 heavy (non-hydrogen) atoms. The Morgan fingerprint density at radius 3 is 2.26 bits per heavy atom. The van der Waals surface area contributed by atoms with Crippen molar-refractivity contribution in [3.8, 4) is 0 Å². The Hall–Kier alpha value is -4.88. The monoisotopic (exact) mass is 755 g/mol. The number of anilines is 4. The average molecular weight is 756 g/mol. The van der Waals surface area contributed by atoms with Crippen LogP contribution in [0.2, 0.25) is 0 Å². The number of hydrogen-bond acceptors (Lipinski definition) is 13. The maximum Gasteiger partial charge on any atom is 0.469 e. The Morgan fingerprint density at radius 1 is 0.943 bits per heavy atom. The number of imidazole rings is 1. The average Bonchev–Trinajstić information content (AvgIpc) is 3.60. The van der Waals surface area contributed by atoms with E-state index in [0.717, 1.165) is 41.1 Å². The van der Waals surface area contributed by atoms with E-state index in [1.807, 2.05) is 36.4 Å². The van der Waals surface area contributed by atoms with Gasteiger partial charge in [-0.3, -0.25) is 23.7 Å². The number of phosphoric acid groups is 1. The van der Waals surface area contributed by atoms with E-state index in [1.54, 1.807) is 0 Å². The molecule has 0 aliphatic carbocycles. The van der Waals surface area contributed by atoms with Crippen LogP contribution in [0.1, 0.15) is 44.8 Å². The minimum atomic E-state index is -4.88. The number of nitrogens with one attached hydrogen (secondary N) is 3. The molecule has 1 amide bonds. The molecule has 0 radical (unpaired) electrons. The van der Waals surface area contributed by atoms with Crippen LogP contribution in [-0.2, 0) is 25.2 Å². The van der Waals surface area contributed by atoms with Gasteiger partial charge in [-0.05, 0) is 43.2 Å². The van der Waals surface area contributed by atoms with Gasteiger partial charge in [0.1, 0.15) is 24.9 Å². The molecule has 2 aromatic carbocycles. The summed E-state index contributed by atoms with van der Waals surface area (Å²) in [5.74, 6) is -0.147. The van der Waals surface area contributed by atoms with Crippen molar-refractivity contribution in [1.82, 2.24) is 24.8 Å². The predicted molar refractivity (Wildman–Crippen MR) is 196 cm³/mol. The summed E-state index contributed by atoms with van der Waals surface area (Å²) in [6.45, 7) is 0.835. The van der Waals surface area contributed by atoms with Gasteiger partial charge in [0.15, 0.2) is 17.4 Å². The number of aromatic amines is 1. The first-order valence-electron chi connectivity index (χ1n) is 17.2. The Morgan fingerprint density at radius 2 is 1.60 bits per heavy atom. The molecule has 4 heterocycles. The van der Waals surface area contributed by atoms with E-state index < -0.39 is 44.5 Å². The van der Waals surface area contributed by atoms with E-state index in [4.69, 9.17) is 31.7 Å². The topological polar surface area (TPSA) is 303 Å². The van der Waals surface area contributed by atoms with Crippen molar-refractivity contribution in [2.45, 2.75) is 69.6 Å². The highest BCUT2D eigenvalue weighted by atomic mass is 31.2. The van der Waals surface area contributed by atoms with E-state index in [-0.39, 0.29) is 29.0 Å². The first-order chi connectivity index (χ1) is 25.3. The molecule has 4 atom stereocenters. The molecule has 5 aromatic rings. The molecular formula is C33H44N10O9P+. The number of nitrogens with two attached hydrogens (primary N) is 3. The van der Waals surface area contributed by atoms with Crippen LogP contribution in [0.4, 0.5) is 23.3 Å². The number of H-pyrrole nitrogens is 1. The smallest absolute Gasteiger partial charge is 0.399 e. The van der Waals surface area contributed by atoms with Crippen molar-refractivity contribution >= 4 is 70.0 Å². The Balaban J connectivity index is 0.972. The third-order valence-corrected chi connectivity index (χ3v) is 9.55. The summed E-state index contributed by atoms with van der Waals surface area (Å²) < 4.78 is 24.8. The fourth-order valence-electron chi connectivity index (χ4n) is 6.51. The Kier molecular flexibility index (Phi) is 11.4. The minimum absolute atomic E-state index is 0.0315. The normalized spacial score (nSPS) is 19.0. The van der Waals surface area contributed by atoms with Gasteiger partial charge in [-0.15, -0.1) is 0 Å². The zero-order chi connectivity index (χ0) is 37.9. The summed E-state index contributed by atoms with van der Waals surface area (Å²) in [7, 11) is -4.88. The summed E-state index contributed by atoms with van der Waals surface area (Å²) in [6, 6.07) is 13.7. The molecule has 13 N–H and O–H groups in total. The summed E-state index contributed by atoms with van der Waals surface area (Å²) in [5, 5.41) is 29.5. The second-order valence-corrected chi connectivity index (χ2v) is 14.2. The highest BCUT2D eigenvalue weighted by molar-refractivity contribution is 7.46. The van der Waals surface area contributed by atoms with Crippen LogP contribution in [0.3, 0.4) is 0 Å². The summed E-state index contributed by atoms with van der Waals surface area (Å²) in [6.07, 6.45) is -1.76. The third-order valence-electron chi connectivity index (χ3n) is 9.06. The highest BCUT2D eigenvalue weighted by Crippen LogP contribution is 2.39. The van der Waals surface area contributed by atoms with Gasteiger partial charge >= 0.3 is 7.82 Å². The summed E-state index contributed by atoms with van der Waals surface area (Å²) in [5.41, 5.74) is 20.4. The number of aromatic nitrogens is 5. The minimum Gasteiger partial charge on any atom is -0.399 e. The molecule has 6 rings (SSSR count). The van der Waals surface area contributed by atoms with Crippen LogP contribution in [0.25, 0.3) is 33.0 Å². The SMILES string of the molecule is Nc1ccc2cc3ccc(N)cc3[n+](CCCC(=O)NCCCCCCNc3nc4c(=O)[nH]c(N)nc4n3[C@@H]3O[C@H](COP(=O)(O)O)[C@@H](O)[C@H]3O)c2c1. The van der Waals surface area contributed by atoms with Gasteiger partial charge in [0.05, 0.1) is 6.61 Å². The van der Waals surface area contributed by atoms with Crippen molar-refractivity contribution in [3.63, 3.8) is 0 Å². The number of aliphatic hydroxyl groups excluding tert-OH is 2. The largest absolute Gasteiger partial charge is 0.469 e. The van der Waals surface area contributed by atoms with Crippen molar-refractivity contribution in [2.24, 2.45) is 0 Å². The van der Waals surface area contributed by atoms with Crippen molar-refractivity contribution in [3.05, 3.63) is 52.8 Å². The van der Waals surface area contributed by atoms with Gasteiger partial charge in [-0.25, -0.2) is 9.55 Å². The predicted octanol–water partition coefficient (Wildman–Crippen LogP) is 0.758. The first kappa shape index (κ1) is 37.9. The zero-order valence-corrected chi connectivity index (χ0v) is 29.6. The van der Waals surface area contributed by atoms with Crippen LogP contribution < -0.4 is 38.0 Å². The fourth-order valence-corrected chi connectivity index (χ4v) is 6.85. The van der Waals surface area contributed by atoms with Gasteiger partial charge in [-0.1, -0.05) is 12.8 Å². The quantitative estimate of drug-likeness (QED) is 0.0219. The van der Waals surface area contributed by atoms with E-state index in [9.17, 15) is 24.4 Å². The number of aliphatic hydroxyl groups is 2. The molecule has 20 heteroatoms.